The Bertz CT molecular complexity index is 667. The van der Waals surface area contributed by atoms with Crippen LogP contribution in [0.1, 0.15) is 55.1 Å². The zero-order chi connectivity index (χ0) is 17.0. The molecule has 0 N–H and O–H groups in total. The predicted molar refractivity (Wildman–Crippen MR) is 93.6 cm³/mol. The first-order valence-electron chi connectivity index (χ1n) is 8.51. The van der Waals surface area contributed by atoms with Crippen molar-refractivity contribution in [3.63, 3.8) is 0 Å². The SMILES string of the molecule is CCN(C(=O)c1ccc2c(c1)CCCC2)C(C)CS(=O)(=O)CC. The van der Waals surface area contributed by atoms with Crippen LogP contribution in [-0.2, 0) is 22.7 Å². The average molecular weight is 337 g/mol. The van der Waals surface area contributed by atoms with Gasteiger partial charge in [-0.3, -0.25) is 4.79 Å². The monoisotopic (exact) mass is 337 g/mol. The van der Waals surface area contributed by atoms with E-state index in [0.29, 0.717) is 12.1 Å². The van der Waals surface area contributed by atoms with Gasteiger partial charge in [-0.05, 0) is 62.8 Å². The predicted octanol–water partition coefficient (Wildman–Crippen LogP) is 2.85. The fourth-order valence-electron chi connectivity index (χ4n) is 3.26. The van der Waals surface area contributed by atoms with E-state index in [1.54, 1.807) is 11.8 Å². The maximum Gasteiger partial charge on any atom is 0.254 e. The summed E-state index contributed by atoms with van der Waals surface area (Å²) in [6, 6.07) is 5.63. The van der Waals surface area contributed by atoms with Crippen LogP contribution in [0.5, 0.6) is 0 Å². The van der Waals surface area contributed by atoms with Crippen LogP contribution in [0.2, 0.25) is 0 Å². The number of hydrogen-bond acceptors (Lipinski definition) is 3. The molecule has 1 aromatic rings. The molecule has 0 fully saturated rings. The first kappa shape index (κ1) is 18.0. The van der Waals surface area contributed by atoms with E-state index >= 15 is 0 Å². The van der Waals surface area contributed by atoms with E-state index in [1.165, 1.54) is 24.0 Å². The Morgan fingerprint density at radius 1 is 1.17 bits per heavy atom. The summed E-state index contributed by atoms with van der Waals surface area (Å²) >= 11 is 0. The molecule has 23 heavy (non-hydrogen) atoms. The summed E-state index contributed by atoms with van der Waals surface area (Å²) in [7, 11) is -3.10. The highest BCUT2D eigenvalue weighted by atomic mass is 32.2. The molecule has 128 valence electrons. The molecule has 0 bridgehead atoms. The second-order valence-corrected chi connectivity index (χ2v) is 8.73. The fraction of sp³-hybridized carbons (Fsp3) is 0.611. The van der Waals surface area contributed by atoms with E-state index in [0.717, 1.165) is 12.8 Å². The minimum Gasteiger partial charge on any atom is -0.335 e. The smallest absolute Gasteiger partial charge is 0.254 e. The van der Waals surface area contributed by atoms with Crippen LogP contribution in [-0.4, -0.2) is 43.3 Å². The lowest BCUT2D eigenvalue weighted by Crippen LogP contribution is -2.42. The number of rotatable bonds is 6. The van der Waals surface area contributed by atoms with Crippen LogP contribution in [0, 0.1) is 0 Å². The maximum atomic E-state index is 12.8. The molecular weight excluding hydrogens is 310 g/mol. The van der Waals surface area contributed by atoms with Crippen LogP contribution in [0.4, 0.5) is 0 Å². The quantitative estimate of drug-likeness (QED) is 0.802. The van der Waals surface area contributed by atoms with Crippen molar-refractivity contribution in [1.29, 1.82) is 0 Å². The van der Waals surface area contributed by atoms with E-state index in [1.807, 2.05) is 26.0 Å². The number of sulfone groups is 1. The van der Waals surface area contributed by atoms with Gasteiger partial charge < -0.3 is 4.90 Å². The maximum absolute atomic E-state index is 12.8. The highest BCUT2D eigenvalue weighted by molar-refractivity contribution is 7.91. The summed E-state index contributed by atoms with van der Waals surface area (Å²) in [4.78, 5) is 14.5. The first-order chi connectivity index (χ1) is 10.9. The zero-order valence-electron chi connectivity index (χ0n) is 14.3. The molecule has 0 saturated heterocycles. The molecule has 0 saturated carbocycles. The van der Waals surface area contributed by atoms with Crippen molar-refractivity contribution >= 4 is 15.7 Å². The highest BCUT2D eigenvalue weighted by Crippen LogP contribution is 2.23. The van der Waals surface area contributed by atoms with Gasteiger partial charge in [-0.25, -0.2) is 8.42 Å². The third-order valence-electron chi connectivity index (χ3n) is 4.66. The fourth-order valence-corrected chi connectivity index (χ4v) is 4.41. The molecule has 2 rings (SSSR count). The second-order valence-electron chi connectivity index (χ2n) is 6.33. The number of carbonyl (C=O) groups excluding carboxylic acids is 1. The van der Waals surface area contributed by atoms with Gasteiger partial charge in [-0.2, -0.15) is 0 Å². The number of carbonyl (C=O) groups is 1. The van der Waals surface area contributed by atoms with E-state index in [2.05, 4.69) is 6.07 Å². The van der Waals surface area contributed by atoms with Crippen LogP contribution < -0.4 is 0 Å². The number of hydrogen-bond donors (Lipinski definition) is 0. The van der Waals surface area contributed by atoms with Gasteiger partial charge in [-0.15, -0.1) is 0 Å². The molecule has 1 atom stereocenters. The molecule has 5 heteroatoms. The van der Waals surface area contributed by atoms with Gasteiger partial charge in [0.05, 0.1) is 5.75 Å². The lowest BCUT2D eigenvalue weighted by Gasteiger charge is -2.28. The molecule has 4 nitrogen and oxygen atoms in total. The topological polar surface area (TPSA) is 54.5 Å². The third kappa shape index (κ3) is 4.34. The van der Waals surface area contributed by atoms with Gasteiger partial charge in [0.2, 0.25) is 0 Å². The number of benzene rings is 1. The summed E-state index contributed by atoms with van der Waals surface area (Å²) in [6.45, 7) is 5.86. The normalized spacial score (nSPS) is 15.8. The molecule has 0 spiro atoms. The van der Waals surface area contributed by atoms with Gasteiger partial charge in [0.25, 0.3) is 5.91 Å². The Hall–Kier alpha value is -1.36. The lowest BCUT2D eigenvalue weighted by atomic mass is 9.90. The lowest BCUT2D eigenvalue weighted by molar-refractivity contribution is 0.0719. The van der Waals surface area contributed by atoms with E-state index < -0.39 is 9.84 Å². The van der Waals surface area contributed by atoms with Crippen molar-refractivity contribution in [2.24, 2.45) is 0 Å². The second kappa shape index (κ2) is 7.47. The molecule has 0 heterocycles. The molecule has 0 aromatic heterocycles. The van der Waals surface area contributed by atoms with Crippen molar-refractivity contribution in [2.75, 3.05) is 18.1 Å². The van der Waals surface area contributed by atoms with Crippen LogP contribution in [0.3, 0.4) is 0 Å². The van der Waals surface area contributed by atoms with Crippen molar-refractivity contribution in [1.82, 2.24) is 4.90 Å². The van der Waals surface area contributed by atoms with Gasteiger partial charge in [0.1, 0.15) is 0 Å². The van der Waals surface area contributed by atoms with Gasteiger partial charge in [0.15, 0.2) is 9.84 Å². The van der Waals surface area contributed by atoms with Crippen molar-refractivity contribution in [3.8, 4) is 0 Å². The van der Waals surface area contributed by atoms with Crippen LogP contribution >= 0.6 is 0 Å². The van der Waals surface area contributed by atoms with Crippen molar-refractivity contribution in [3.05, 3.63) is 34.9 Å². The minimum absolute atomic E-state index is 0.0218. The molecule has 0 aliphatic heterocycles. The van der Waals surface area contributed by atoms with E-state index in [-0.39, 0.29) is 23.5 Å². The molecule has 1 aliphatic rings. The van der Waals surface area contributed by atoms with Gasteiger partial charge in [0, 0.05) is 23.9 Å². The highest BCUT2D eigenvalue weighted by Gasteiger charge is 2.24. The first-order valence-corrected chi connectivity index (χ1v) is 10.3. The van der Waals surface area contributed by atoms with Crippen molar-refractivity contribution < 1.29 is 13.2 Å². The summed E-state index contributed by atoms with van der Waals surface area (Å²) < 4.78 is 23.7. The number of fused-ring (bicyclic) bond motifs is 1. The Morgan fingerprint density at radius 3 is 2.43 bits per heavy atom. The van der Waals surface area contributed by atoms with E-state index in [4.69, 9.17) is 0 Å². The Balaban J connectivity index is 2.19. The molecule has 1 aromatic carbocycles. The standard InChI is InChI=1S/C18H27NO3S/c1-4-19(14(3)13-23(21,22)5-2)18(20)17-11-10-15-8-6-7-9-16(15)12-17/h10-12,14H,4-9,13H2,1-3H3. The molecule has 1 amide bonds. The van der Waals surface area contributed by atoms with Gasteiger partial charge in [-0.1, -0.05) is 13.0 Å². The van der Waals surface area contributed by atoms with Crippen LogP contribution in [0.15, 0.2) is 18.2 Å². The van der Waals surface area contributed by atoms with Crippen molar-refractivity contribution in [2.45, 2.75) is 52.5 Å². The largest absolute Gasteiger partial charge is 0.335 e. The molecule has 1 aliphatic carbocycles. The summed E-state index contributed by atoms with van der Waals surface area (Å²) in [6.07, 6.45) is 4.51. The van der Waals surface area contributed by atoms with Crippen LogP contribution in [0.25, 0.3) is 0 Å². The molecule has 0 radical (unpaired) electrons. The molecular formula is C18H27NO3S. The zero-order valence-corrected chi connectivity index (χ0v) is 15.2. The minimum atomic E-state index is -3.10. The summed E-state index contributed by atoms with van der Waals surface area (Å²) in [5, 5.41) is 0. The summed E-state index contributed by atoms with van der Waals surface area (Å²) in [5.41, 5.74) is 3.29. The number of amides is 1. The number of aryl methyl sites for hydroxylation is 2. The van der Waals surface area contributed by atoms with E-state index in [9.17, 15) is 13.2 Å². The number of nitrogens with zero attached hydrogens (tertiary/aromatic N) is 1. The molecule has 1 unspecified atom stereocenters. The summed E-state index contributed by atoms with van der Waals surface area (Å²) in [5.74, 6) is 0.0651. The van der Waals surface area contributed by atoms with Gasteiger partial charge >= 0.3 is 0 Å². The average Bonchev–Trinajstić information content (AvgIpc) is 2.54. The Morgan fingerprint density at radius 2 is 1.83 bits per heavy atom. The third-order valence-corrected chi connectivity index (χ3v) is 6.53. The Labute approximate surface area is 139 Å². The Kier molecular flexibility index (Phi) is 5.84.